The normalized spacial score (nSPS) is 12.9. The third kappa shape index (κ3) is 47.4. The van der Waals surface area contributed by atoms with Gasteiger partial charge in [-0.25, -0.2) is 0 Å². The lowest BCUT2D eigenvalue weighted by Gasteiger charge is -2.18. The maximum atomic E-state index is 12.8. The number of ether oxygens (including phenoxy) is 3. The Morgan fingerprint density at radius 2 is 0.645 bits per heavy atom. The summed E-state index contributed by atoms with van der Waals surface area (Å²) in [4.78, 5) is 37.9. The van der Waals surface area contributed by atoms with Crippen molar-refractivity contribution in [2.45, 2.75) is 226 Å². The summed E-state index contributed by atoms with van der Waals surface area (Å²) in [6.45, 7) is 6.29. The first-order valence-electron chi connectivity index (χ1n) is 25.3. The number of hydrogen-bond acceptors (Lipinski definition) is 6. The van der Waals surface area contributed by atoms with Gasteiger partial charge in [-0.05, 0) is 83.5 Å². The summed E-state index contributed by atoms with van der Waals surface area (Å²) in [5.74, 6) is -0.979. The van der Waals surface area contributed by atoms with Crippen molar-refractivity contribution in [1.29, 1.82) is 0 Å². The topological polar surface area (TPSA) is 78.9 Å². The van der Waals surface area contributed by atoms with Crippen molar-refractivity contribution in [2.75, 3.05) is 13.2 Å². The second-order valence-electron chi connectivity index (χ2n) is 16.5. The molecule has 0 aliphatic heterocycles. The van der Waals surface area contributed by atoms with Gasteiger partial charge in [-0.15, -0.1) is 0 Å². The molecule has 1 atom stereocenters. The van der Waals surface area contributed by atoms with Crippen molar-refractivity contribution in [2.24, 2.45) is 0 Å². The number of esters is 3. The fourth-order valence-corrected chi connectivity index (χ4v) is 6.68. The van der Waals surface area contributed by atoms with Crippen LogP contribution in [0.15, 0.2) is 97.2 Å². The lowest BCUT2D eigenvalue weighted by atomic mass is 10.1. The van der Waals surface area contributed by atoms with E-state index in [0.29, 0.717) is 19.3 Å². The Morgan fingerprint density at radius 3 is 1.05 bits per heavy atom. The number of rotatable bonds is 44. The Hall–Kier alpha value is -3.67. The first-order chi connectivity index (χ1) is 30.5. The summed E-state index contributed by atoms with van der Waals surface area (Å²) >= 11 is 0. The van der Waals surface area contributed by atoms with Gasteiger partial charge < -0.3 is 14.2 Å². The van der Waals surface area contributed by atoms with Crippen LogP contribution in [-0.4, -0.2) is 37.2 Å². The van der Waals surface area contributed by atoms with E-state index in [4.69, 9.17) is 14.2 Å². The molecule has 352 valence electrons. The van der Waals surface area contributed by atoms with Crippen LogP contribution in [0, 0.1) is 0 Å². The average Bonchev–Trinajstić information content (AvgIpc) is 3.27. The first kappa shape index (κ1) is 58.3. The highest BCUT2D eigenvalue weighted by Crippen LogP contribution is 2.14. The molecule has 0 aromatic carbocycles. The molecule has 0 fully saturated rings. The zero-order valence-corrected chi connectivity index (χ0v) is 40.1. The van der Waals surface area contributed by atoms with Gasteiger partial charge in [0.2, 0.25) is 0 Å². The molecule has 0 rings (SSSR count). The van der Waals surface area contributed by atoms with Crippen molar-refractivity contribution >= 4 is 17.9 Å². The Labute approximate surface area is 381 Å². The molecule has 0 aliphatic rings. The van der Waals surface area contributed by atoms with E-state index in [-0.39, 0.29) is 37.5 Å². The van der Waals surface area contributed by atoms with Gasteiger partial charge in [0.05, 0.1) is 0 Å². The third-order valence-electron chi connectivity index (χ3n) is 10.5. The lowest BCUT2D eigenvalue weighted by Crippen LogP contribution is -2.30. The molecule has 0 radical (unpaired) electrons. The van der Waals surface area contributed by atoms with Gasteiger partial charge in [0.1, 0.15) is 13.2 Å². The fourth-order valence-electron chi connectivity index (χ4n) is 6.68. The minimum atomic E-state index is -0.810. The molecule has 0 saturated carbocycles. The molecule has 0 aliphatic carbocycles. The molecule has 0 aromatic heterocycles. The van der Waals surface area contributed by atoms with Gasteiger partial charge in [0.25, 0.3) is 0 Å². The zero-order chi connectivity index (χ0) is 45.1. The highest BCUT2D eigenvalue weighted by atomic mass is 16.6. The van der Waals surface area contributed by atoms with Crippen LogP contribution in [0.1, 0.15) is 220 Å². The maximum absolute atomic E-state index is 12.8. The fraction of sp³-hybridized carbons (Fsp3) is 0.661. The second-order valence-corrected chi connectivity index (χ2v) is 16.5. The Bertz CT molecular complexity index is 1260. The summed E-state index contributed by atoms with van der Waals surface area (Å²) in [6, 6.07) is 0. The van der Waals surface area contributed by atoms with Crippen LogP contribution in [-0.2, 0) is 28.6 Å². The van der Waals surface area contributed by atoms with Crippen LogP contribution in [0.2, 0.25) is 0 Å². The molecule has 0 aromatic rings. The van der Waals surface area contributed by atoms with E-state index in [9.17, 15) is 14.4 Å². The van der Waals surface area contributed by atoms with Gasteiger partial charge in [-0.2, -0.15) is 0 Å². The van der Waals surface area contributed by atoms with Crippen molar-refractivity contribution in [3.63, 3.8) is 0 Å². The molecular weight excluding hydrogens is 769 g/mol. The van der Waals surface area contributed by atoms with Crippen LogP contribution < -0.4 is 0 Å². The van der Waals surface area contributed by atoms with Crippen LogP contribution in [0.5, 0.6) is 0 Å². The number of hydrogen-bond donors (Lipinski definition) is 0. The SMILES string of the molecule is CC/C=C/C=C/C=C/C=C/CCCCCC(=O)OC(COC(=O)CCCCCCC/C=C/C=C/C=C/CC)COC(=O)CCCCCCC/C=C/CCCCCCCCCCC. The minimum Gasteiger partial charge on any atom is -0.462 e. The van der Waals surface area contributed by atoms with Crippen molar-refractivity contribution in [3.8, 4) is 0 Å². The number of carbonyl (C=O) groups excluding carboxylic acids is 3. The number of unbranched alkanes of at least 4 members (excludes halogenated alkanes) is 22. The molecule has 0 N–H and O–H groups in total. The summed E-state index contributed by atoms with van der Waals surface area (Å²) in [5, 5.41) is 0. The summed E-state index contributed by atoms with van der Waals surface area (Å²) < 4.78 is 16.7. The molecule has 0 saturated heterocycles. The van der Waals surface area contributed by atoms with Gasteiger partial charge >= 0.3 is 17.9 Å². The largest absolute Gasteiger partial charge is 0.462 e. The molecule has 6 nitrogen and oxygen atoms in total. The van der Waals surface area contributed by atoms with Crippen LogP contribution in [0.3, 0.4) is 0 Å². The summed E-state index contributed by atoms with van der Waals surface area (Å²) in [5.41, 5.74) is 0. The molecule has 6 heteroatoms. The van der Waals surface area contributed by atoms with Crippen LogP contribution in [0.4, 0.5) is 0 Å². The molecular formula is C56H92O6. The van der Waals surface area contributed by atoms with Crippen molar-refractivity contribution < 1.29 is 28.6 Å². The standard InChI is InChI=1S/C56H92O6/c1-4-7-10-13-16-19-22-25-26-27-28-29-32-34-37-40-43-46-49-55(58)61-52-53(62-56(59)50-47-44-41-38-35-31-24-21-18-15-12-9-6-3)51-60-54(57)48-45-42-39-36-33-30-23-20-17-14-11-8-5-2/h8-9,11-12,14-15,17-18,20-21,23-24,28-29,31,35,53H,4-7,10,13,16,19,22,25-27,30,32-34,36-52H2,1-3H3/b11-8+,12-9+,17-14+,18-15+,23-20+,24-21+,29-28+,35-31+. The van der Waals surface area contributed by atoms with Crippen molar-refractivity contribution in [1.82, 2.24) is 0 Å². The van der Waals surface area contributed by atoms with Gasteiger partial charge in [0, 0.05) is 19.3 Å². The average molecular weight is 861 g/mol. The van der Waals surface area contributed by atoms with E-state index in [1.807, 2.05) is 36.5 Å². The summed E-state index contributed by atoms with van der Waals surface area (Å²) in [7, 11) is 0. The molecule has 0 amide bonds. The third-order valence-corrected chi connectivity index (χ3v) is 10.5. The monoisotopic (exact) mass is 861 g/mol. The van der Waals surface area contributed by atoms with E-state index in [1.54, 1.807) is 0 Å². The van der Waals surface area contributed by atoms with Gasteiger partial charge in [-0.1, -0.05) is 214 Å². The highest BCUT2D eigenvalue weighted by Gasteiger charge is 2.19. The lowest BCUT2D eigenvalue weighted by molar-refractivity contribution is -0.167. The van der Waals surface area contributed by atoms with Gasteiger partial charge in [-0.3, -0.25) is 14.4 Å². The molecule has 62 heavy (non-hydrogen) atoms. The molecule has 0 spiro atoms. The smallest absolute Gasteiger partial charge is 0.306 e. The van der Waals surface area contributed by atoms with E-state index in [1.165, 1.54) is 70.6 Å². The predicted octanol–water partition coefficient (Wildman–Crippen LogP) is 16.6. The Balaban J connectivity index is 4.45. The predicted molar refractivity (Wildman–Crippen MR) is 265 cm³/mol. The highest BCUT2D eigenvalue weighted by molar-refractivity contribution is 5.71. The maximum Gasteiger partial charge on any atom is 0.306 e. The minimum absolute atomic E-state index is 0.106. The van der Waals surface area contributed by atoms with E-state index in [0.717, 1.165) is 103 Å². The molecule has 0 heterocycles. The molecule has 0 bridgehead atoms. The molecule has 1 unspecified atom stereocenters. The first-order valence-corrected chi connectivity index (χ1v) is 25.3. The van der Waals surface area contributed by atoms with Crippen LogP contribution in [0.25, 0.3) is 0 Å². The second kappa shape index (κ2) is 50.0. The van der Waals surface area contributed by atoms with Crippen LogP contribution >= 0.6 is 0 Å². The number of allylic oxidation sites excluding steroid dienone is 16. The van der Waals surface area contributed by atoms with E-state index in [2.05, 4.69) is 81.5 Å². The zero-order valence-electron chi connectivity index (χ0n) is 40.1. The number of carbonyl (C=O) groups is 3. The van der Waals surface area contributed by atoms with Gasteiger partial charge in [0.15, 0.2) is 6.10 Å². The van der Waals surface area contributed by atoms with E-state index >= 15 is 0 Å². The quantitative estimate of drug-likeness (QED) is 0.0200. The summed E-state index contributed by atoms with van der Waals surface area (Å²) in [6.07, 6.45) is 65.4. The van der Waals surface area contributed by atoms with Crippen molar-refractivity contribution in [3.05, 3.63) is 97.2 Å². The van der Waals surface area contributed by atoms with E-state index < -0.39 is 6.10 Å². The Kier molecular flexibility index (Phi) is 47.0. The Morgan fingerprint density at radius 1 is 0.339 bits per heavy atom.